The molecule has 142 valence electrons. The number of nitrogens with two attached hydrogens (primary N) is 1. The largest absolute Gasteiger partial charge is 0.456 e. The maximum Gasteiger partial charge on any atom is 0.241 e. The van der Waals surface area contributed by atoms with Crippen LogP contribution in [0.4, 0.5) is 0 Å². The summed E-state index contributed by atoms with van der Waals surface area (Å²) < 4.78 is 33.9. The lowest BCUT2D eigenvalue weighted by molar-refractivity contribution is -0.119. The molecule has 0 radical (unpaired) electrons. The van der Waals surface area contributed by atoms with E-state index in [0.29, 0.717) is 16.6 Å². The number of primary amides is 1. The van der Waals surface area contributed by atoms with Crippen molar-refractivity contribution in [3.05, 3.63) is 78.4 Å². The van der Waals surface area contributed by atoms with Crippen LogP contribution in [0.15, 0.2) is 82.1 Å². The lowest BCUT2D eigenvalue weighted by atomic mass is 10.1. The van der Waals surface area contributed by atoms with Gasteiger partial charge in [-0.05, 0) is 36.2 Å². The summed E-state index contributed by atoms with van der Waals surface area (Å²) in [6.45, 7) is 0. The highest BCUT2D eigenvalue weighted by atomic mass is 32.2. The van der Waals surface area contributed by atoms with Gasteiger partial charge in [0.1, 0.15) is 17.2 Å². The third kappa shape index (κ3) is 3.49. The first kappa shape index (κ1) is 18.2. The van der Waals surface area contributed by atoms with Crippen molar-refractivity contribution in [1.29, 1.82) is 0 Å². The predicted molar refractivity (Wildman–Crippen MR) is 107 cm³/mol. The summed E-state index contributed by atoms with van der Waals surface area (Å²) in [5.41, 5.74) is 7.52. The van der Waals surface area contributed by atoms with Crippen LogP contribution in [-0.2, 0) is 21.2 Å². The summed E-state index contributed by atoms with van der Waals surface area (Å²) in [4.78, 5) is 11.9. The Hall–Kier alpha value is -3.16. The molecule has 28 heavy (non-hydrogen) atoms. The van der Waals surface area contributed by atoms with Crippen LogP contribution in [0.1, 0.15) is 5.56 Å². The molecule has 0 fully saturated rings. The predicted octanol–water partition coefficient (Wildman–Crippen LogP) is 2.96. The molecule has 6 nitrogen and oxygen atoms in total. The fraction of sp³-hybridized carbons (Fsp3) is 0.0952. The number of hydrogen-bond donors (Lipinski definition) is 2. The molecule has 0 aliphatic heterocycles. The molecule has 0 aliphatic rings. The summed E-state index contributed by atoms with van der Waals surface area (Å²) in [5.74, 6) is -0.734. The van der Waals surface area contributed by atoms with E-state index in [-0.39, 0.29) is 11.3 Å². The first-order valence-corrected chi connectivity index (χ1v) is 10.2. The Morgan fingerprint density at radius 3 is 2.36 bits per heavy atom. The zero-order chi connectivity index (χ0) is 19.7. The minimum absolute atomic E-state index is 0.0471. The molecule has 0 bridgehead atoms. The molecule has 7 heteroatoms. The Morgan fingerprint density at radius 1 is 0.929 bits per heavy atom. The number of para-hydroxylation sites is 1. The molecule has 1 amide bonds. The Balaban J connectivity index is 1.68. The standard InChI is InChI=1S/C21H18N2O4S/c22-21(24)18(12-14-6-2-1-3-7-14)23-28(25,26)15-10-11-20-17(13-15)16-8-4-5-9-19(16)27-20/h1-11,13,18,23H,12H2,(H2,22,24)/t18-/m0/s1. The van der Waals surface area contributed by atoms with E-state index in [1.54, 1.807) is 12.1 Å². The molecule has 0 saturated carbocycles. The molecule has 1 atom stereocenters. The van der Waals surface area contributed by atoms with Gasteiger partial charge in [0.15, 0.2) is 0 Å². The molecule has 1 heterocycles. The van der Waals surface area contributed by atoms with Gasteiger partial charge in [-0.1, -0.05) is 48.5 Å². The zero-order valence-corrected chi connectivity index (χ0v) is 15.6. The Bertz CT molecular complexity index is 1260. The average molecular weight is 394 g/mol. The van der Waals surface area contributed by atoms with E-state index in [9.17, 15) is 13.2 Å². The number of amides is 1. The maximum absolute atomic E-state index is 12.9. The van der Waals surface area contributed by atoms with Crippen molar-refractivity contribution >= 4 is 37.9 Å². The summed E-state index contributed by atoms with van der Waals surface area (Å²) in [6, 6.07) is 20.1. The van der Waals surface area contributed by atoms with Crippen molar-refractivity contribution in [1.82, 2.24) is 4.72 Å². The van der Waals surface area contributed by atoms with Crippen LogP contribution in [0, 0.1) is 0 Å². The van der Waals surface area contributed by atoms with Crippen molar-refractivity contribution in [2.45, 2.75) is 17.4 Å². The quantitative estimate of drug-likeness (QED) is 0.525. The van der Waals surface area contributed by atoms with Crippen LogP contribution in [0.25, 0.3) is 21.9 Å². The van der Waals surface area contributed by atoms with Gasteiger partial charge in [0.05, 0.1) is 4.90 Å². The molecule has 4 rings (SSSR count). The topological polar surface area (TPSA) is 102 Å². The number of sulfonamides is 1. The fourth-order valence-corrected chi connectivity index (χ4v) is 4.41. The minimum Gasteiger partial charge on any atom is -0.456 e. The zero-order valence-electron chi connectivity index (χ0n) is 14.8. The number of nitrogens with one attached hydrogen (secondary N) is 1. The van der Waals surface area contributed by atoms with Crippen LogP contribution in [0.3, 0.4) is 0 Å². The molecule has 0 saturated heterocycles. The van der Waals surface area contributed by atoms with Gasteiger partial charge in [0.25, 0.3) is 0 Å². The Kier molecular flexibility index (Phi) is 4.62. The number of carbonyl (C=O) groups excluding carboxylic acids is 1. The highest BCUT2D eigenvalue weighted by Crippen LogP contribution is 2.30. The van der Waals surface area contributed by atoms with Crippen molar-refractivity contribution < 1.29 is 17.6 Å². The highest BCUT2D eigenvalue weighted by Gasteiger charge is 2.25. The van der Waals surface area contributed by atoms with Gasteiger partial charge in [0.2, 0.25) is 15.9 Å². The molecule has 0 aliphatic carbocycles. The molecule has 1 aromatic heterocycles. The van der Waals surface area contributed by atoms with Gasteiger partial charge in [-0.15, -0.1) is 0 Å². The normalized spacial score (nSPS) is 13.0. The van der Waals surface area contributed by atoms with Gasteiger partial charge in [-0.3, -0.25) is 4.79 Å². The molecule has 0 unspecified atom stereocenters. The lowest BCUT2D eigenvalue weighted by Crippen LogP contribution is -2.45. The smallest absolute Gasteiger partial charge is 0.241 e. The molecule has 3 N–H and O–H groups in total. The SMILES string of the molecule is NC(=O)[C@H](Cc1ccccc1)NS(=O)(=O)c1ccc2oc3ccccc3c2c1. The summed E-state index contributed by atoms with van der Waals surface area (Å²) in [6.07, 6.45) is 0.173. The van der Waals surface area contributed by atoms with Crippen LogP contribution < -0.4 is 10.5 Å². The first-order chi connectivity index (χ1) is 13.4. The molecule has 4 aromatic rings. The van der Waals surface area contributed by atoms with E-state index in [1.165, 1.54) is 6.07 Å². The summed E-state index contributed by atoms with van der Waals surface area (Å²) in [7, 11) is -3.96. The Labute approximate surface area is 162 Å². The molecule has 3 aromatic carbocycles. The average Bonchev–Trinajstić information content (AvgIpc) is 3.06. The second-order valence-corrected chi connectivity index (χ2v) is 8.24. The molecular formula is C21H18N2O4S. The van der Waals surface area contributed by atoms with Crippen molar-refractivity contribution in [3.63, 3.8) is 0 Å². The second kappa shape index (κ2) is 7.10. The number of furan rings is 1. The minimum atomic E-state index is -3.96. The van der Waals surface area contributed by atoms with Gasteiger partial charge in [0, 0.05) is 10.8 Å². The third-order valence-corrected chi connectivity index (χ3v) is 6.05. The number of fused-ring (bicyclic) bond motifs is 3. The van der Waals surface area contributed by atoms with E-state index >= 15 is 0 Å². The van der Waals surface area contributed by atoms with Gasteiger partial charge < -0.3 is 10.2 Å². The van der Waals surface area contributed by atoms with E-state index in [2.05, 4.69) is 4.72 Å². The van der Waals surface area contributed by atoms with E-state index in [4.69, 9.17) is 10.2 Å². The Morgan fingerprint density at radius 2 is 1.61 bits per heavy atom. The highest BCUT2D eigenvalue weighted by molar-refractivity contribution is 7.89. The molecule has 0 spiro atoms. The lowest BCUT2D eigenvalue weighted by Gasteiger charge is -2.16. The monoisotopic (exact) mass is 394 g/mol. The maximum atomic E-state index is 12.9. The summed E-state index contributed by atoms with van der Waals surface area (Å²) >= 11 is 0. The fourth-order valence-electron chi connectivity index (χ4n) is 3.18. The number of rotatable bonds is 6. The van der Waals surface area contributed by atoms with Crippen LogP contribution >= 0.6 is 0 Å². The van der Waals surface area contributed by atoms with Gasteiger partial charge >= 0.3 is 0 Å². The third-order valence-electron chi connectivity index (χ3n) is 4.58. The second-order valence-electron chi connectivity index (χ2n) is 6.52. The number of carbonyl (C=O) groups is 1. The van der Waals surface area contributed by atoms with Crippen LogP contribution in [-0.4, -0.2) is 20.4 Å². The van der Waals surface area contributed by atoms with Crippen molar-refractivity contribution in [3.8, 4) is 0 Å². The van der Waals surface area contributed by atoms with Crippen molar-refractivity contribution in [2.75, 3.05) is 0 Å². The summed E-state index contributed by atoms with van der Waals surface area (Å²) in [5, 5.41) is 1.52. The molecular weight excluding hydrogens is 376 g/mol. The van der Waals surface area contributed by atoms with Gasteiger partial charge in [-0.25, -0.2) is 8.42 Å². The van der Waals surface area contributed by atoms with Gasteiger partial charge in [-0.2, -0.15) is 4.72 Å². The first-order valence-electron chi connectivity index (χ1n) is 8.71. The van der Waals surface area contributed by atoms with Crippen molar-refractivity contribution in [2.24, 2.45) is 5.73 Å². The van der Waals surface area contributed by atoms with Crippen LogP contribution in [0.5, 0.6) is 0 Å². The van der Waals surface area contributed by atoms with E-state index in [0.717, 1.165) is 10.9 Å². The van der Waals surface area contributed by atoms with E-state index in [1.807, 2.05) is 54.6 Å². The number of benzene rings is 3. The van der Waals surface area contributed by atoms with E-state index < -0.39 is 22.0 Å². The number of hydrogen-bond acceptors (Lipinski definition) is 4. The van der Waals surface area contributed by atoms with Crippen LogP contribution in [0.2, 0.25) is 0 Å².